The lowest BCUT2D eigenvalue weighted by Gasteiger charge is -2.26. The zero-order valence-electron chi connectivity index (χ0n) is 18.0. The van der Waals surface area contributed by atoms with Crippen molar-refractivity contribution in [3.63, 3.8) is 0 Å². The zero-order valence-corrected chi connectivity index (χ0v) is 18.0. The third-order valence-electron chi connectivity index (χ3n) is 7.03. The topological polar surface area (TPSA) is 105 Å². The summed E-state index contributed by atoms with van der Waals surface area (Å²) in [5.41, 5.74) is 7.51. The monoisotopic (exact) mass is 426 g/mol. The fourth-order valence-corrected chi connectivity index (χ4v) is 5.76. The summed E-state index contributed by atoms with van der Waals surface area (Å²) in [7, 11) is 0. The molecule has 7 nitrogen and oxygen atoms in total. The van der Waals surface area contributed by atoms with Gasteiger partial charge in [-0.25, -0.2) is 0 Å². The Labute approximate surface area is 182 Å². The van der Waals surface area contributed by atoms with E-state index in [-0.39, 0.29) is 17.9 Å². The minimum atomic E-state index is -0.949. The van der Waals surface area contributed by atoms with Crippen LogP contribution in [0.15, 0.2) is 35.4 Å². The lowest BCUT2D eigenvalue weighted by molar-refractivity contribution is -0.149. The van der Waals surface area contributed by atoms with Crippen LogP contribution >= 0.6 is 0 Å². The van der Waals surface area contributed by atoms with E-state index in [1.165, 1.54) is 12.8 Å². The Morgan fingerprint density at radius 3 is 2.10 bits per heavy atom. The molecular weight excluding hydrogens is 396 g/mol. The smallest absolute Gasteiger partial charge is 0.307 e. The van der Waals surface area contributed by atoms with Gasteiger partial charge in [0.15, 0.2) is 0 Å². The van der Waals surface area contributed by atoms with Crippen molar-refractivity contribution in [3.05, 3.63) is 41.0 Å². The fraction of sp³-hybridized carbons (Fsp3) is 0.542. The summed E-state index contributed by atoms with van der Waals surface area (Å²) in [5, 5.41) is 9.74. The van der Waals surface area contributed by atoms with Gasteiger partial charge in [-0.15, -0.1) is 0 Å². The third kappa shape index (κ3) is 4.18. The number of carboxylic acids is 1. The van der Waals surface area contributed by atoms with Crippen LogP contribution in [0.5, 0.6) is 5.75 Å². The van der Waals surface area contributed by atoms with Crippen molar-refractivity contribution >= 4 is 17.8 Å². The van der Waals surface area contributed by atoms with E-state index in [9.17, 15) is 19.5 Å². The third-order valence-corrected chi connectivity index (χ3v) is 7.03. The molecule has 7 heteroatoms. The predicted molar refractivity (Wildman–Crippen MR) is 114 cm³/mol. The number of benzene rings is 1. The normalized spacial score (nSPS) is 27.2. The Kier molecular flexibility index (Phi) is 6.03. The van der Waals surface area contributed by atoms with Crippen molar-refractivity contribution in [1.82, 2.24) is 10.9 Å². The van der Waals surface area contributed by atoms with Crippen LogP contribution < -0.4 is 15.6 Å². The first-order chi connectivity index (χ1) is 14.9. The number of rotatable bonds is 5. The number of hydrogen-bond acceptors (Lipinski definition) is 4. The summed E-state index contributed by atoms with van der Waals surface area (Å²) in [6.07, 6.45) is 6.34. The summed E-state index contributed by atoms with van der Waals surface area (Å²) >= 11 is 0. The number of amides is 2. The van der Waals surface area contributed by atoms with Gasteiger partial charge in [-0.1, -0.05) is 11.1 Å². The first-order valence-electron chi connectivity index (χ1n) is 11.1. The highest BCUT2D eigenvalue weighted by Gasteiger charge is 2.57. The Bertz CT molecular complexity index is 897. The number of nitrogens with one attached hydrogen (secondary N) is 2. The molecule has 0 radical (unpaired) electrons. The van der Waals surface area contributed by atoms with Gasteiger partial charge in [0.1, 0.15) is 5.75 Å². The van der Waals surface area contributed by atoms with Crippen LogP contribution in [0.4, 0.5) is 0 Å². The van der Waals surface area contributed by atoms with Gasteiger partial charge in [-0.2, -0.15) is 0 Å². The number of ether oxygens (including phenoxy) is 1. The van der Waals surface area contributed by atoms with Crippen molar-refractivity contribution < 1.29 is 24.2 Å². The Hall–Kier alpha value is -2.83. The van der Waals surface area contributed by atoms with Gasteiger partial charge in [0, 0.05) is 5.56 Å². The molecule has 3 aliphatic carbocycles. The van der Waals surface area contributed by atoms with Gasteiger partial charge in [0.25, 0.3) is 5.91 Å². The number of aliphatic carboxylic acids is 1. The van der Waals surface area contributed by atoms with Gasteiger partial charge >= 0.3 is 5.97 Å². The Morgan fingerprint density at radius 2 is 1.52 bits per heavy atom. The largest absolute Gasteiger partial charge is 0.490 e. The highest BCUT2D eigenvalue weighted by molar-refractivity contribution is 5.96. The van der Waals surface area contributed by atoms with Gasteiger partial charge < -0.3 is 9.84 Å². The molecule has 3 fully saturated rings. The number of carboxylic acid groups (broad SMARTS) is 1. The average Bonchev–Trinajstić information content (AvgIpc) is 3.47. The van der Waals surface area contributed by atoms with Crippen molar-refractivity contribution in [3.8, 4) is 5.75 Å². The van der Waals surface area contributed by atoms with Gasteiger partial charge in [-0.05, 0) is 88.5 Å². The van der Waals surface area contributed by atoms with Crippen LogP contribution in [-0.2, 0) is 9.59 Å². The molecule has 0 aromatic heterocycles. The SMILES string of the molecule is CC(C)=C1[C@H]2CC[C@@H]1[C@@H](C(=O)NNC(=O)c1ccc(OC3CCCC3)cc1)[C@H]2C(=O)O. The molecular formula is C24H30N2O5. The number of fused-ring (bicyclic) bond motifs is 2. The first-order valence-corrected chi connectivity index (χ1v) is 11.1. The molecule has 4 atom stereocenters. The maximum absolute atomic E-state index is 12.9. The molecule has 0 unspecified atom stereocenters. The molecule has 3 saturated carbocycles. The van der Waals surface area contributed by atoms with Gasteiger partial charge in [0.2, 0.25) is 5.91 Å². The molecule has 1 aromatic rings. The summed E-state index contributed by atoms with van der Waals surface area (Å²) in [6.45, 7) is 3.95. The standard InChI is InChI=1S/C24H30N2O5/c1-13(2)19-17-11-12-18(19)21(24(29)30)20(17)23(28)26-25-22(27)14-7-9-16(10-8-14)31-15-5-3-4-6-15/h7-10,15,17-18,20-21H,3-6,11-12H2,1-2H3,(H,25,27)(H,26,28)(H,29,30)/t17-,18+,20+,21-/m0/s1. The number of hydrogen-bond donors (Lipinski definition) is 3. The molecule has 2 bridgehead atoms. The van der Waals surface area contributed by atoms with E-state index in [0.29, 0.717) is 5.56 Å². The average molecular weight is 427 g/mol. The van der Waals surface area contributed by atoms with Crippen LogP contribution in [0.3, 0.4) is 0 Å². The van der Waals surface area contributed by atoms with Crippen molar-refractivity contribution in [2.24, 2.45) is 23.7 Å². The molecule has 0 aliphatic heterocycles. The second-order valence-corrected chi connectivity index (χ2v) is 9.13. The molecule has 0 spiro atoms. The summed E-state index contributed by atoms with van der Waals surface area (Å²) in [6, 6.07) is 6.83. The van der Waals surface area contributed by atoms with Gasteiger partial charge in [0.05, 0.1) is 17.9 Å². The second-order valence-electron chi connectivity index (χ2n) is 9.13. The van der Waals surface area contributed by atoms with E-state index in [0.717, 1.165) is 42.6 Å². The van der Waals surface area contributed by atoms with E-state index in [2.05, 4.69) is 10.9 Å². The molecule has 0 saturated heterocycles. The Balaban J connectivity index is 1.37. The second kappa shape index (κ2) is 8.73. The molecule has 3 N–H and O–H groups in total. The predicted octanol–water partition coefficient (Wildman–Crippen LogP) is 3.46. The summed E-state index contributed by atoms with van der Waals surface area (Å²) in [4.78, 5) is 37.2. The number of allylic oxidation sites excluding steroid dienone is 2. The van der Waals surface area contributed by atoms with Crippen molar-refractivity contribution in [2.45, 2.75) is 58.5 Å². The van der Waals surface area contributed by atoms with Crippen LogP contribution in [0, 0.1) is 23.7 Å². The minimum absolute atomic E-state index is 0.0694. The van der Waals surface area contributed by atoms with Crippen molar-refractivity contribution in [2.75, 3.05) is 0 Å². The minimum Gasteiger partial charge on any atom is -0.490 e. The van der Waals surface area contributed by atoms with Crippen LogP contribution in [0.2, 0.25) is 0 Å². The highest BCUT2D eigenvalue weighted by Crippen LogP contribution is 2.57. The first kappa shape index (κ1) is 21.4. The molecule has 2 amide bonds. The maximum atomic E-state index is 12.9. The van der Waals surface area contributed by atoms with E-state index < -0.39 is 29.6 Å². The summed E-state index contributed by atoms with van der Waals surface area (Å²) < 4.78 is 5.91. The van der Waals surface area contributed by atoms with Crippen molar-refractivity contribution in [1.29, 1.82) is 0 Å². The lowest BCUT2D eigenvalue weighted by atomic mass is 9.79. The quantitative estimate of drug-likeness (QED) is 0.494. The van der Waals surface area contributed by atoms with Crippen LogP contribution in [0.25, 0.3) is 0 Å². The Morgan fingerprint density at radius 1 is 0.903 bits per heavy atom. The molecule has 166 valence electrons. The number of hydrazine groups is 1. The lowest BCUT2D eigenvalue weighted by Crippen LogP contribution is -2.48. The van der Waals surface area contributed by atoms with Gasteiger partial charge in [-0.3, -0.25) is 25.2 Å². The molecule has 1 aromatic carbocycles. The molecule has 31 heavy (non-hydrogen) atoms. The highest BCUT2D eigenvalue weighted by atomic mass is 16.5. The molecule has 4 rings (SSSR count). The molecule has 0 heterocycles. The maximum Gasteiger partial charge on any atom is 0.307 e. The van der Waals surface area contributed by atoms with E-state index in [1.54, 1.807) is 24.3 Å². The fourth-order valence-electron chi connectivity index (χ4n) is 5.76. The van der Waals surface area contributed by atoms with Crippen LogP contribution in [0.1, 0.15) is 62.7 Å². The van der Waals surface area contributed by atoms with E-state index >= 15 is 0 Å². The number of carbonyl (C=O) groups is 3. The van der Waals surface area contributed by atoms with E-state index in [4.69, 9.17) is 4.74 Å². The zero-order chi connectivity index (χ0) is 22.1. The molecule has 3 aliphatic rings. The van der Waals surface area contributed by atoms with Crippen LogP contribution in [-0.4, -0.2) is 29.0 Å². The summed E-state index contributed by atoms with van der Waals surface area (Å²) in [5.74, 6) is -2.67. The van der Waals surface area contributed by atoms with E-state index in [1.807, 2.05) is 13.8 Å². The number of carbonyl (C=O) groups excluding carboxylic acids is 2.